The Labute approximate surface area is 142 Å². The van der Waals surface area contributed by atoms with E-state index in [1.54, 1.807) is 16.8 Å². The maximum atomic E-state index is 12.5. The van der Waals surface area contributed by atoms with Crippen LogP contribution in [0.1, 0.15) is 28.6 Å². The molecule has 2 aromatic rings. The molecule has 0 saturated carbocycles. The lowest BCUT2D eigenvalue weighted by atomic mass is 10.1. The van der Waals surface area contributed by atoms with Gasteiger partial charge < -0.3 is 10.6 Å². The third kappa shape index (κ3) is 5.23. The summed E-state index contributed by atoms with van der Waals surface area (Å²) in [7, 11) is 0. The average molecular weight is 356 g/mol. The van der Waals surface area contributed by atoms with Crippen LogP contribution >= 0.6 is 11.3 Å². The second-order valence-electron chi connectivity index (χ2n) is 5.10. The van der Waals surface area contributed by atoms with Crippen molar-refractivity contribution < 1.29 is 13.2 Å². The number of rotatable bonds is 5. The van der Waals surface area contributed by atoms with Crippen LogP contribution in [0, 0.1) is 6.92 Å². The van der Waals surface area contributed by atoms with Gasteiger partial charge in [-0.25, -0.2) is 9.98 Å². The molecule has 0 radical (unpaired) electrons. The maximum absolute atomic E-state index is 12.5. The van der Waals surface area contributed by atoms with Gasteiger partial charge in [0.15, 0.2) is 5.96 Å². The second kappa shape index (κ2) is 8.14. The van der Waals surface area contributed by atoms with Crippen molar-refractivity contribution in [2.24, 2.45) is 4.99 Å². The third-order valence-electron chi connectivity index (χ3n) is 3.31. The zero-order valence-electron chi connectivity index (χ0n) is 13.4. The molecule has 24 heavy (non-hydrogen) atoms. The molecule has 1 aromatic carbocycles. The molecule has 0 saturated heterocycles. The first-order valence-corrected chi connectivity index (χ1v) is 8.35. The van der Waals surface area contributed by atoms with Crippen LogP contribution < -0.4 is 10.6 Å². The number of aryl methyl sites for hydroxylation is 1. The highest BCUT2D eigenvalue weighted by molar-refractivity contribution is 7.09. The number of alkyl halides is 3. The van der Waals surface area contributed by atoms with Gasteiger partial charge in [-0.1, -0.05) is 12.1 Å². The fourth-order valence-corrected chi connectivity index (χ4v) is 2.69. The lowest BCUT2D eigenvalue weighted by molar-refractivity contribution is -0.137. The van der Waals surface area contributed by atoms with Crippen molar-refractivity contribution >= 4 is 17.3 Å². The van der Waals surface area contributed by atoms with Crippen LogP contribution in [0.4, 0.5) is 13.2 Å². The van der Waals surface area contributed by atoms with Crippen molar-refractivity contribution in [3.8, 4) is 0 Å². The minimum atomic E-state index is -4.31. The summed E-state index contributed by atoms with van der Waals surface area (Å²) >= 11 is 1.57. The van der Waals surface area contributed by atoms with Gasteiger partial charge in [0, 0.05) is 11.4 Å². The molecule has 0 aliphatic heterocycles. The number of hydrogen-bond acceptors (Lipinski definition) is 3. The van der Waals surface area contributed by atoms with Crippen molar-refractivity contribution in [1.82, 2.24) is 15.6 Å². The molecule has 0 spiro atoms. The van der Waals surface area contributed by atoms with E-state index in [1.165, 1.54) is 12.1 Å². The van der Waals surface area contributed by atoms with E-state index in [4.69, 9.17) is 0 Å². The lowest BCUT2D eigenvalue weighted by Crippen LogP contribution is -2.36. The Kier molecular flexibility index (Phi) is 6.19. The largest absolute Gasteiger partial charge is 0.416 e. The Hall–Kier alpha value is -2.09. The molecular formula is C16H19F3N4S. The van der Waals surface area contributed by atoms with E-state index >= 15 is 0 Å². The first kappa shape index (κ1) is 18.3. The molecule has 2 N–H and O–H groups in total. The molecule has 0 aliphatic rings. The number of guanidine groups is 1. The van der Waals surface area contributed by atoms with Gasteiger partial charge in [-0.2, -0.15) is 13.2 Å². The van der Waals surface area contributed by atoms with Crippen molar-refractivity contribution in [3.05, 3.63) is 51.5 Å². The summed E-state index contributed by atoms with van der Waals surface area (Å²) in [4.78, 5) is 9.71. The van der Waals surface area contributed by atoms with Crippen molar-refractivity contribution in [2.75, 3.05) is 6.54 Å². The molecule has 130 valence electrons. The molecule has 0 atom stereocenters. The van der Waals surface area contributed by atoms with Crippen LogP contribution in [0.5, 0.6) is 0 Å². The van der Waals surface area contributed by atoms with Gasteiger partial charge in [0.25, 0.3) is 0 Å². The second-order valence-corrected chi connectivity index (χ2v) is 6.04. The summed E-state index contributed by atoms with van der Waals surface area (Å²) in [6.45, 7) is 5.50. The summed E-state index contributed by atoms with van der Waals surface area (Å²) in [5, 5.41) is 6.31. The van der Waals surface area contributed by atoms with Crippen LogP contribution in [0.2, 0.25) is 0 Å². The SMILES string of the molecule is CCNC(=NCc1ccc(C(F)(F)F)cc1)NCc1scnc1C. The molecule has 4 nitrogen and oxygen atoms in total. The van der Waals surface area contributed by atoms with Gasteiger partial charge in [-0.3, -0.25) is 0 Å². The predicted molar refractivity (Wildman–Crippen MR) is 90.0 cm³/mol. The number of hydrogen-bond donors (Lipinski definition) is 2. The quantitative estimate of drug-likeness (QED) is 0.634. The van der Waals surface area contributed by atoms with E-state index in [2.05, 4.69) is 20.6 Å². The van der Waals surface area contributed by atoms with Gasteiger partial charge in [0.2, 0.25) is 0 Å². The van der Waals surface area contributed by atoms with Gasteiger partial charge in [0.1, 0.15) is 0 Å². The lowest BCUT2D eigenvalue weighted by Gasteiger charge is -2.11. The average Bonchev–Trinajstić information content (AvgIpc) is 2.95. The number of aromatic nitrogens is 1. The van der Waals surface area contributed by atoms with Crippen molar-refractivity contribution in [2.45, 2.75) is 33.1 Å². The molecule has 0 aliphatic carbocycles. The van der Waals surface area contributed by atoms with Crippen molar-refractivity contribution in [3.63, 3.8) is 0 Å². The molecule has 8 heteroatoms. The Morgan fingerprint density at radius 1 is 1.21 bits per heavy atom. The summed E-state index contributed by atoms with van der Waals surface area (Å²) in [6.07, 6.45) is -4.31. The number of thiazole rings is 1. The fraction of sp³-hybridized carbons (Fsp3) is 0.375. The van der Waals surface area contributed by atoms with Gasteiger partial charge >= 0.3 is 6.18 Å². The Morgan fingerprint density at radius 2 is 1.92 bits per heavy atom. The van der Waals surface area contributed by atoms with Gasteiger partial charge in [-0.05, 0) is 31.5 Å². The molecule has 0 unspecified atom stereocenters. The number of nitrogens with one attached hydrogen (secondary N) is 2. The topological polar surface area (TPSA) is 49.3 Å². The van der Waals surface area contributed by atoms with Crippen molar-refractivity contribution in [1.29, 1.82) is 0 Å². The van der Waals surface area contributed by atoms with E-state index in [-0.39, 0.29) is 0 Å². The van der Waals surface area contributed by atoms with Crippen LogP contribution in [0.25, 0.3) is 0 Å². The number of halogens is 3. The Balaban J connectivity index is 1.98. The third-order valence-corrected chi connectivity index (χ3v) is 4.24. The fourth-order valence-electron chi connectivity index (χ4n) is 1.97. The standard InChI is InChI=1S/C16H19F3N4S/c1-3-20-15(22-9-14-11(2)23-10-24-14)21-8-12-4-6-13(7-5-12)16(17,18)19/h4-7,10H,3,8-9H2,1-2H3,(H2,20,21,22). The van der Waals surface area contributed by atoms with E-state index in [1.807, 2.05) is 13.8 Å². The van der Waals surface area contributed by atoms with Crippen LogP contribution in [-0.2, 0) is 19.3 Å². The number of benzene rings is 1. The first-order valence-electron chi connectivity index (χ1n) is 7.47. The minimum Gasteiger partial charge on any atom is -0.357 e. The smallest absolute Gasteiger partial charge is 0.357 e. The normalized spacial score (nSPS) is 12.3. The number of nitrogens with zero attached hydrogens (tertiary/aromatic N) is 2. The Morgan fingerprint density at radius 3 is 2.46 bits per heavy atom. The zero-order valence-corrected chi connectivity index (χ0v) is 14.3. The maximum Gasteiger partial charge on any atom is 0.416 e. The molecular weight excluding hydrogens is 337 g/mol. The van der Waals surface area contributed by atoms with Crippen LogP contribution in [0.15, 0.2) is 34.8 Å². The van der Waals surface area contributed by atoms with Crippen LogP contribution in [0.3, 0.4) is 0 Å². The summed E-state index contributed by atoms with van der Waals surface area (Å²) in [5.74, 6) is 0.616. The summed E-state index contributed by atoms with van der Waals surface area (Å²) in [5.41, 5.74) is 2.83. The predicted octanol–water partition coefficient (Wildman–Crippen LogP) is 3.73. The van der Waals surface area contributed by atoms with E-state index < -0.39 is 11.7 Å². The highest BCUT2D eigenvalue weighted by atomic mass is 32.1. The summed E-state index contributed by atoms with van der Waals surface area (Å²) < 4.78 is 37.6. The van der Waals surface area contributed by atoms with Gasteiger partial charge in [-0.15, -0.1) is 11.3 Å². The summed E-state index contributed by atoms with van der Waals surface area (Å²) in [6, 6.07) is 5.05. The Bertz CT molecular complexity index is 677. The zero-order chi connectivity index (χ0) is 17.6. The molecule has 0 amide bonds. The van der Waals surface area contributed by atoms with Crippen LogP contribution in [-0.4, -0.2) is 17.5 Å². The first-order chi connectivity index (χ1) is 11.4. The molecule has 1 aromatic heterocycles. The monoisotopic (exact) mass is 356 g/mol. The van der Waals surface area contributed by atoms with Gasteiger partial charge in [0.05, 0.1) is 29.9 Å². The highest BCUT2D eigenvalue weighted by Gasteiger charge is 2.29. The van der Waals surface area contributed by atoms with E-state index in [0.717, 1.165) is 22.7 Å². The van der Waals surface area contributed by atoms with E-state index in [9.17, 15) is 13.2 Å². The minimum absolute atomic E-state index is 0.301. The highest BCUT2D eigenvalue weighted by Crippen LogP contribution is 2.29. The molecule has 1 heterocycles. The molecule has 2 rings (SSSR count). The molecule has 0 bridgehead atoms. The number of aliphatic imine (C=N–C) groups is 1. The molecule has 0 fully saturated rings. The van der Waals surface area contributed by atoms with E-state index in [0.29, 0.717) is 31.2 Å².